The van der Waals surface area contributed by atoms with Gasteiger partial charge in [-0.3, -0.25) is 4.79 Å². The van der Waals surface area contributed by atoms with Crippen molar-refractivity contribution in [2.75, 3.05) is 13.1 Å². The van der Waals surface area contributed by atoms with Gasteiger partial charge in [0.15, 0.2) is 0 Å². The van der Waals surface area contributed by atoms with E-state index in [0.29, 0.717) is 40.0 Å². The molecule has 0 radical (unpaired) electrons. The fourth-order valence-corrected chi connectivity index (χ4v) is 6.08. The number of rotatable bonds is 5. The molecule has 0 N–H and O–H groups in total. The quantitative estimate of drug-likeness (QED) is 0.570. The summed E-state index contributed by atoms with van der Waals surface area (Å²) in [7, 11) is -3.56. The van der Waals surface area contributed by atoms with Gasteiger partial charge in [-0.2, -0.15) is 4.31 Å². The average Bonchev–Trinajstić information content (AvgIpc) is 3.36. The summed E-state index contributed by atoms with van der Waals surface area (Å²) in [5.74, 6) is -0.879. The maximum atomic E-state index is 12.7. The fourth-order valence-electron chi connectivity index (χ4n) is 3.24. The van der Waals surface area contributed by atoms with Crippen LogP contribution in [0.3, 0.4) is 0 Å². The van der Waals surface area contributed by atoms with Crippen LogP contribution in [0.15, 0.2) is 46.2 Å². The average molecular weight is 440 g/mol. The number of imidazole rings is 1. The van der Waals surface area contributed by atoms with Gasteiger partial charge < -0.3 is 9.14 Å². The zero-order chi connectivity index (χ0) is 19.7. The predicted octanol–water partition coefficient (Wildman–Crippen LogP) is 3.19. The van der Waals surface area contributed by atoms with Crippen LogP contribution >= 0.6 is 22.9 Å². The van der Waals surface area contributed by atoms with Crippen LogP contribution in [0.25, 0.3) is 5.65 Å². The second-order valence-corrected chi connectivity index (χ2v) is 10.1. The number of sulfonamides is 1. The highest BCUT2D eigenvalue weighted by atomic mass is 35.5. The normalized spacial score (nSPS) is 18.4. The van der Waals surface area contributed by atoms with Crippen LogP contribution in [-0.2, 0) is 26.2 Å². The van der Waals surface area contributed by atoms with E-state index >= 15 is 0 Å². The highest BCUT2D eigenvalue weighted by Gasteiger charge is 2.34. The van der Waals surface area contributed by atoms with Crippen LogP contribution in [0.1, 0.15) is 18.5 Å². The lowest BCUT2D eigenvalue weighted by molar-refractivity contribution is -0.151. The number of aromatic nitrogens is 2. The minimum Gasteiger partial charge on any atom is -0.459 e. The molecule has 0 spiro atoms. The number of carbonyl (C=O) groups is 1. The van der Waals surface area contributed by atoms with Crippen molar-refractivity contribution in [1.82, 2.24) is 13.7 Å². The lowest BCUT2D eigenvalue weighted by atomic mass is 10.00. The molecule has 10 heteroatoms. The largest absolute Gasteiger partial charge is 0.459 e. The Bertz CT molecular complexity index is 1100. The molecule has 0 saturated carbocycles. The number of ether oxygens (including phenoxy) is 1. The van der Waals surface area contributed by atoms with E-state index in [9.17, 15) is 13.2 Å². The fraction of sp³-hybridized carbons (Fsp3) is 0.333. The Morgan fingerprint density at radius 3 is 2.96 bits per heavy atom. The molecule has 1 saturated heterocycles. The lowest BCUT2D eigenvalue weighted by Crippen LogP contribution is -2.42. The first-order chi connectivity index (χ1) is 13.4. The first-order valence-corrected chi connectivity index (χ1v) is 11.5. The third-order valence-electron chi connectivity index (χ3n) is 4.63. The molecule has 148 valence electrons. The summed E-state index contributed by atoms with van der Waals surface area (Å²) >= 11 is 7.14. The Morgan fingerprint density at radius 2 is 2.18 bits per heavy atom. The van der Waals surface area contributed by atoms with Crippen LogP contribution in [0.5, 0.6) is 0 Å². The zero-order valence-electron chi connectivity index (χ0n) is 14.8. The lowest BCUT2D eigenvalue weighted by Gasteiger charge is -2.30. The van der Waals surface area contributed by atoms with Crippen molar-refractivity contribution in [3.8, 4) is 0 Å². The zero-order valence-corrected chi connectivity index (χ0v) is 17.2. The molecule has 0 bridgehead atoms. The van der Waals surface area contributed by atoms with Crippen molar-refractivity contribution in [3.63, 3.8) is 0 Å². The van der Waals surface area contributed by atoms with Gasteiger partial charge in [0.05, 0.1) is 16.6 Å². The molecular weight excluding hydrogens is 422 g/mol. The molecule has 3 aromatic heterocycles. The molecule has 0 unspecified atom stereocenters. The summed E-state index contributed by atoms with van der Waals surface area (Å²) in [4.78, 5) is 16.9. The number of nitrogens with zero attached hydrogens (tertiary/aromatic N) is 3. The third-order valence-corrected chi connectivity index (χ3v) is 8.10. The summed E-state index contributed by atoms with van der Waals surface area (Å²) in [6.07, 6.45) is 4.71. The smallest absolute Gasteiger partial charge is 0.310 e. The third kappa shape index (κ3) is 3.93. The van der Waals surface area contributed by atoms with Crippen molar-refractivity contribution in [2.45, 2.75) is 23.7 Å². The van der Waals surface area contributed by atoms with Gasteiger partial charge in [0, 0.05) is 25.5 Å². The second kappa shape index (κ2) is 7.82. The molecule has 7 nitrogen and oxygen atoms in total. The first kappa shape index (κ1) is 19.4. The summed E-state index contributed by atoms with van der Waals surface area (Å²) in [6.45, 7) is 0.587. The molecule has 0 amide bonds. The Morgan fingerprint density at radius 1 is 1.32 bits per heavy atom. The Kier molecular flexibility index (Phi) is 5.42. The van der Waals surface area contributed by atoms with E-state index in [0.717, 1.165) is 0 Å². The number of pyridine rings is 1. The monoisotopic (exact) mass is 439 g/mol. The molecule has 4 heterocycles. The standard InChI is InChI=1S/C18H18ClN3O4S2/c19-14-5-6-16-20-15(11-21(16)10-14)12-26-18(23)13-3-1-7-22(9-13)28(24,25)17-4-2-8-27-17/h2,4-6,8,10-11,13H,1,3,7,9,12H2/t13-/m0/s1. The minimum absolute atomic E-state index is 0.0340. The van der Waals surface area contributed by atoms with Gasteiger partial charge in [0.2, 0.25) is 0 Å². The van der Waals surface area contributed by atoms with Crippen molar-refractivity contribution in [1.29, 1.82) is 0 Å². The van der Waals surface area contributed by atoms with Crippen LogP contribution in [-0.4, -0.2) is 41.2 Å². The molecule has 1 fully saturated rings. The molecule has 1 aliphatic rings. The minimum atomic E-state index is -3.56. The summed E-state index contributed by atoms with van der Waals surface area (Å²) < 4.78 is 34.2. The molecule has 28 heavy (non-hydrogen) atoms. The van der Waals surface area contributed by atoms with Gasteiger partial charge in [0.1, 0.15) is 16.5 Å². The first-order valence-electron chi connectivity index (χ1n) is 8.77. The molecule has 0 aromatic carbocycles. The number of fused-ring (bicyclic) bond motifs is 1. The van der Waals surface area contributed by atoms with Gasteiger partial charge in [-0.15, -0.1) is 11.3 Å². The highest BCUT2D eigenvalue weighted by molar-refractivity contribution is 7.91. The van der Waals surface area contributed by atoms with Crippen LogP contribution in [0.4, 0.5) is 0 Å². The maximum absolute atomic E-state index is 12.7. The van der Waals surface area contributed by atoms with Crippen molar-refractivity contribution >= 4 is 44.6 Å². The maximum Gasteiger partial charge on any atom is 0.310 e. The number of thiophene rings is 1. The Balaban J connectivity index is 1.40. The van der Waals surface area contributed by atoms with Gasteiger partial charge in [-0.25, -0.2) is 13.4 Å². The van der Waals surface area contributed by atoms with Gasteiger partial charge in [0.25, 0.3) is 10.0 Å². The van der Waals surface area contributed by atoms with E-state index in [4.69, 9.17) is 16.3 Å². The van der Waals surface area contributed by atoms with Crippen LogP contribution in [0, 0.1) is 5.92 Å². The number of piperidine rings is 1. The Labute approximate surface area is 171 Å². The van der Waals surface area contributed by atoms with Gasteiger partial charge in [-0.05, 0) is 36.4 Å². The van der Waals surface area contributed by atoms with Crippen molar-refractivity contribution < 1.29 is 17.9 Å². The summed E-state index contributed by atoms with van der Waals surface area (Å²) in [5, 5.41) is 2.31. The van der Waals surface area contributed by atoms with E-state index in [1.165, 1.54) is 15.6 Å². The number of hydrogen-bond acceptors (Lipinski definition) is 6. The topological polar surface area (TPSA) is 81.0 Å². The summed E-state index contributed by atoms with van der Waals surface area (Å²) in [5.41, 5.74) is 1.32. The van der Waals surface area contributed by atoms with Gasteiger partial charge >= 0.3 is 5.97 Å². The molecule has 1 atom stereocenters. The number of halogens is 1. The van der Waals surface area contributed by atoms with Crippen LogP contribution < -0.4 is 0 Å². The van der Waals surface area contributed by atoms with Crippen LogP contribution in [0.2, 0.25) is 5.02 Å². The predicted molar refractivity (Wildman–Crippen MR) is 106 cm³/mol. The molecular formula is C18H18ClN3O4S2. The van der Waals surface area contributed by atoms with E-state index in [1.807, 2.05) is 0 Å². The molecule has 3 aromatic rings. The van der Waals surface area contributed by atoms with Crippen molar-refractivity contribution in [2.24, 2.45) is 5.92 Å². The summed E-state index contributed by atoms with van der Waals surface area (Å²) in [6, 6.07) is 6.80. The van der Waals surface area contributed by atoms with Gasteiger partial charge in [-0.1, -0.05) is 17.7 Å². The highest BCUT2D eigenvalue weighted by Crippen LogP contribution is 2.27. The van der Waals surface area contributed by atoms with E-state index in [-0.39, 0.29) is 13.2 Å². The van der Waals surface area contributed by atoms with Crippen molar-refractivity contribution in [3.05, 3.63) is 52.8 Å². The SMILES string of the molecule is O=C(OCc1cn2cc(Cl)ccc2n1)[C@H]1CCCN(S(=O)(=O)c2cccs2)C1. The van der Waals surface area contributed by atoms with E-state index < -0.39 is 21.9 Å². The number of carbonyl (C=O) groups excluding carboxylic acids is 1. The molecule has 4 rings (SSSR count). The molecule has 0 aliphatic carbocycles. The number of esters is 1. The number of hydrogen-bond donors (Lipinski definition) is 0. The van der Waals surface area contributed by atoms with E-state index in [1.54, 1.807) is 46.4 Å². The molecule has 1 aliphatic heterocycles. The Hall–Kier alpha value is -1.94. The van der Waals surface area contributed by atoms with E-state index in [2.05, 4.69) is 4.98 Å². The second-order valence-electron chi connectivity index (χ2n) is 6.59.